The third kappa shape index (κ3) is 6.93. The van der Waals surface area contributed by atoms with E-state index >= 15 is 0 Å². The summed E-state index contributed by atoms with van der Waals surface area (Å²) in [6.07, 6.45) is 0. The van der Waals surface area contributed by atoms with Gasteiger partial charge in [-0.25, -0.2) is 17.6 Å². The molecule has 33 heavy (non-hydrogen) atoms. The van der Waals surface area contributed by atoms with Gasteiger partial charge in [0.2, 0.25) is 5.91 Å². The Kier molecular flexibility index (Phi) is 7.81. The number of carbonyl (C=O) groups excluding carboxylic acids is 1. The van der Waals surface area contributed by atoms with Gasteiger partial charge in [0, 0.05) is 29.7 Å². The smallest absolute Gasteiger partial charge is 0.228 e. The van der Waals surface area contributed by atoms with E-state index in [1.807, 2.05) is 0 Å². The minimum absolute atomic E-state index is 0.229. The zero-order valence-corrected chi connectivity index (χ0v) is 17.6. The first-order valence-corrected chi connectivity index (χ1v) is 9.92. The molecular weight excluding hydrogens is 432 g/mol. The van der Waals surface area contributed by atoms with Crippen molar-refractivity contribution >= 4 is 28.7 Å². The molecule has 0 aromatic heterocycles. The van der Waals surface area contributed by atoms with Crippen LogP contribution in [0.25, 0.3) is 0 Å². The second kappa shape index (κ2) is 10.9. The molecule has 4 rings (SSSR count). The van der Waals surface area contributed by atoms with Gasteiger partial charge >= 0.3 is 0 Å². The molecule has 168 valence electrons. The second-order valence-electron chi connectivity index (χ2n) is 6.95. The zero-order valence-electron chi connectivity index (χ0n) is 17.6. The summed E-state index contributed by atoms with van der Waals surface area (Å²) < 4.78 is 50.9. The van der Waals surface area contributed by atoms with Crippen LogP contribution >= 0.6 is 0 Å². The normalized spacial score (nSPS) is 10.1. The first kappa shape index (κ1) is 23.5. The molecule has 3 nitrogen and oxygen atoms in total. The monoisotopic (exact) mass is 452 g/mol. The van der Waals surface area contributed by atoms with Gasteiger partial charge in [-0.05, 0) is 97.1 Å². The van der Waals surface area contributed by atoms with Gasteiger partial charge in [-0.2, -0.15) is 0 Å². The molecule has 0 saturated heterocycles. The van der Waals surface area contributed by atoms with Gasteiger partial charge in [0.25, 0.3) is 0 Å². The van der Waals surface area contributed by atoms with Gasteiger partial charge in [-0.3, -0.25) is 9.69 Å². The number of carbonyl (C=O) groups is 1. The lowest BCUT2D eigenvalue weighted by Crippen LogP contribution is -2.22. The first-order chi connectivity index (χ1) is 15.8. The Labute approximate surface area is 188 Å². The van der Waals surface area contributed by atoms with E-state index in [0.29, 0.717) is 11.4 Å². The number of nitrogens with zero attached hydrogens (tertiary/aromatic N) is 1. The molecule has 4 aromatic carbocycles. The van der Waals surface area contributed by atoms with Crippen LogP contribution in [-0.2, 0) is 4.79 Å². The second-order valence-corrected chi connectivity index (χ2v) is 6.95. The Morgan fingerprint density at radius 3 is 1.09 bits per heavy atom. The standard InChI is InChI=1S/C14H11F2NO.C12H9F2N/c1-10(18)17(13-6-2-11(15)3-7-13)14-8-4-12(16)5-9-14;13-9-1-5-11(6-2-9)15-12-7-3-10(14)4-8-12/h2-9H,1H3;1-8,15H. The lowest BCUT2D eigenvalue weighted by Gasteiger charge is -2.21. The largest absolute Gasteiger partial charge is 0.356 e. The van der Waals surface area contributed by atoms with Crippen molar-refractivity contribution in [1.29, 1.82) is 0 Å². The maximum absolute atomic E-state index is 12.9. The van der Waals surface area contributed by atoms with Crippen molar-refractivity contribution in [3.63, 3.8) is 0 Å². The Bertz CT molecular complexity index is 1090. The summed E-state index contributed by atoms with van der Waals surface area (Å²) in [6.45, 7) is 1.40. The molecule has 0 unspecified atom stereocenters. The van der Waals surface area contributed by atoms with Crippen molar-refractivity contribution in [2.24, 2.45) is 0 Å². The molecule has 0 aliphatic rings. The number of rotatable bonds is 4. The van der Waals surface area contributed by atoms with Crippen LogP contribution in [0.1, 0.15) is 6.92 Å². The summed E-state index contributed by atoms with van der Waals surface area (Å²) in [4.78, 5) is 13.0. The average Bonchev–Trinajstić information content (AvgIpc) is 2.80. The third-order valence-electron chi connectivity index (χ3n) is 4.46. The summed E-state index contributed by atoms with van der Waals surface area (Å²) in [7, 11) is 0. The molecule has 0 spiro atoms. The summed E-state index contributed by atoms with van der Waals surface area (Å²) in [5.41, 5.74) is 2.61. The number of hydrogen-bond acceptors (Lipinski definition) is 2. The van der Waals surface area contributed by atoms with Crippen LogP contribution in [0.2, 0.25) is 0 Å². The Morgan fingerprint density at radius 2 is 0.818 bits per heavy atom. The molecule has 1 N–H and O–H groups in total. The molecule has 4 aromatic rings. The highest BCUT2D eigenvalue weighted by molar-refractivity contribution is 5.98. The topological polar surface area (TPSA) is 32.3 Å². The number of halogens is 4. The molecule has 0 atom stereocenters. The highest BCUT2D eigenvalue weighted by Crippen LogP contribution is 2.26. The molecule has 0 aliphatic heterocycles. The Hall–Kier alpha value is -4.13. The number of nitrogens with one attached hydrogen (secondary N) is 1. The average molecular weight is 452 g/mol. The molecule has 0 saturated carbocycles. The predicted octanol–water partition coefficient (Wildman–Crippen LogP) is 7.36. The molecule has 0 heterocycles. The fourth-order valence-electron chi connectivity index (χ4n) is 2.93. The zero-order chi connectivity index (χ0) is 23.8. The fraction of sp³-hybridized carbons (Fsp3) is 0.0385. The van der Waals surface area contributed by atoms with Crippen molar-refractivity contribution in [2.75, 3.05) is 10.2 Å². The Morgan fingerprint density at radius 1 is 0.545 bits per heavy atom. The first-order valence-electron chi connectivity index (χ1n) is 9.92. The predicted molar refractivity (Wildman–Crippen MR) is 122 cm³/mol. The van der Waals surface area contributed by atoms with E-state index < -0.39 is 0 Å². The quantitative estimate of drug-likeness (QED) is 0.328. The summed E-state index contributed by atoms with van der Waals surface area (Å²) in [6, 6.07) is 23.1. The van der Waals surface area contributed by atoms with Gasteiger partial charge < -0.3 is 5.32 Å². The summed E-state index contributed by atoms with van der Waals surface area (Å²) in [5.74, 6) is -1.53. The van der Waals surface area contributed by atoms with Crippen LogP contribution in [0.3, 0.4) is 0 Å². The van der Waals surface area contributed by atoms with Crippen LogP contribution in [0.15, 0.2) is 97.1 Å². The van der Waals surface area contributed by atoms with Crippen LogP contribution in [0, 0.1) is 23.3 Å². The Balaban J connectivity index is 0.000000189. The van der Waals surface area contributed by atoms with Gasteiger partial charge in [0.1, 0.15) is 23.3 Å². The van der Waals surface area contributed by atoms with Crippen LogP contribution < -0.4 is 10.2 Å². The molecule has 1 amide bonds. The van der Waals surface area contributed by atoms with Gasteiger partial charge in [0.15, 0.2) is 0 Å². The molecule has 0 bridgehead atoms. The number of hydrogen-bond donors (Lipinski definition) is 1. The van der Waals surface area contributed by atoms with Gasteiger partial charge in [0.05, 0.1) is 0 Å². The van der Waals surface area contributed by atoms with Crippen LogP contribution in [0.5, 0.6) is 0 Å². The van der Waals surface area contributed by atoms with Crippen LogP contribution in [0.4, 0.5) is 40.3 Å². The van der Waals surface area contributed by atoms with E-state index in [0.717, 1.165) is 11.4 Å². The summed E-state index contributed by atoms with van der Waals surface area (Å²) >= 11 is 0. The highest BCUT2D eigenvalue weighted by atomic mass is 19.1. The summed E-state index contributed by atoms with van der Waals surface area (Å²) in [5, 5.41) is 3.02. The number of benzene rings is 4. The molecule has 0 radical (unpaired) electrons. The fourth-order valence-corrected chi connectivity index (χ4v) is 2.93. The van der Waals surface area contributed by atoms with E-state index in [4.69, 9.17) is 0 Å². The molecule has 0 aliphatic carbocycles. The van der Waals surface area contributed by atoms with Crippen LogP contribution in [-0.4, -0.2) is 5.91 Å². The van der Waals surface area contributed by atoms with E-state index in [-0.39, 0.29) is 29.2 Å². The van der Waals surface area contributed by atoms with E-state index in [1.165, 1.54) is 84.6 Å². The third-order valence-corrected chi connectivity index (χ3v) is 4.46. The van der Waals surface area contributed by atoms with E-state index in [1.54, 1.807) is 24.3 Å². The van der Waals surface area contributed by atoms with E-state index in [9.17, 15) is 22.4 Å². The van der Waals surface area contributed by atoms with Gasteiger partial charge in [-0.15, -0.1) is 0 Å². The molecule has 7 heteroatoms. The van der Waals surface area contributed by atoms with Crippen molar-refractivity contribution in [2.45, 2.75) is 6.92 Å². The van der Waals surface area contributed by atoms with Crippen molar-refractivity contribution in [3.05, 3.63) is 120 Å². The lowest BCUT2D eigenvalue weighted by molar-refractivity contribution is -0.115. The molecular formula is C26H20F4N2O. The van der Waals surface area contributed by atoms with Crippen molar-refractivity contribution < 1.29 is 22.4 Å². The number of amides is 1. The SMILES string of the molecule is CC(=O)N(c1ccc(F)cc1)c1ccc(F)cc1.Fc1ccc(Nc2ccc(F)cc2)cc1. The van der Waals surface area contributed by atoms with Crippen molar-refractivity contribution in [3.8, 4) is 0 Å². The maximum Gasteiger partial charge on any atom is 0.228 e. The maximum atomic E-state index is 12.9. The minimum Gasteiger partial charge on any atom is -0.356 e. The highest BCUT2D eigenvalue weighted by Gasteiger charge is 2.13. The minimum atomic E-state index is -0.374. The lowest BCUT2D eigenvalue weighted by atomic mass is 10.2. The molecule has 0 fully saturated rings. The van der Waals surface area contributed by atoms with E-state index in [2.05, 4.69) is 5.32 Å². The van der Waals surface area contributed by atoms with Crippen molar-refractivity contribution in [1.82, 2.24) is 0 Å². The van der Waals surface area contributed by atoms with Gasteiger partial charge in [-0.1, -0.05) is 0 Å². The number of anilines is 4.